The van der Waals surface area contributed by atoms with E-state index in [-0.39, 0.29) is 29.3 Å². The Balaban J connectivity index is 1.57. The topological polar surface area (TPSA) is 54.5 Å². The van der Waals surface area contributed by atoms with Crippen LogP contribution in [0, 0.1) is 5.41 Å². The van der Waals surface area contributed by atoms with Gasteiger partial charge < -0.3 is 0 Å². The average molecular weight is 490 g/mol. The minimum Gasteiger partial charge on any atom is -0.293 e. The van der Waals surface area contributed by atoms with Crippen molar-refractivity contribution in [2.45, 2.75) is 22.4 Å². The fraction of sp³-hybridized carbons (Fsp3) is 0.269. The maximum absolute atomic E-state index is 14.6. The van der Waals surface area contributed by atoms with Gasteiger partial charge in [0.05, 0.1) is 5.41 Å². The van der Waals surface area contributed by atoms with Gasteiger partial charge in [0.1, 0.15) is 0 Å². The van der Waals surface area contributed by atoms with Gasteiger partial charge in [0.25, 0.3) is 0 Å². The van der Waals surface area contributed by atoms with E-state index in [4.69, 9.17) is 0 Å². The predicted molar refractivity (Wildman–Crippen MR) is 132 cm³/mol. The monoisotopic (exact) mass is 489 g/mol. The maximum Gasteiger partial charge on any atom is 0.192 e. The molecule has 7 heteroatoms. The second-order valence-corrected chi connectivity index (χ2v) is 12.0. The van der Waals surface area contributed by atoms with Crippen LogP contribution >= 0.6 is 34.9 Å². The third-order valence-corrected chi connectivity index (χ3v) is 11.1. The second kappa shape index (κ2) is 6.92. The fourth-order valence-corrected chi connectivity index (χ4v) is 10.3. The molecule has 2 aromatic carbocycles. The Labute approximate surface area is 203 Å². The molecule has 0 saturated carbocycles. The maximum atomic E-state index is 14.6. The Bertz CT molecular complexity index is 1320. The van der Waals surface area contributed by atoms with Gasteiger partial charge in [-0.15, -0.1) is 34.9 Å². The standard InChI is InChI=1S/C26H19NO3S3/c28-22-17-8-3-4-9-19(17)33-13-25(22)21(20-10-5-11-32-20)18-12-31-14-27(18)26(25)23(29)15-6-1-2-7-16(15)24(26)30/h1-11,18,21H,12-14H2/t18-,21+,25-/m1/s1. The highest BCUT2D eigenvalue weighted by molar-refractivity contribution is 7.99. The largest absolute Gasteiger partial charge is 0.293 e. The van der Waals surface area contributed by atoms with Gasteiger partial charge in [-0.1, -0.05) is 48.5 Å². The first-order chi connectivity index (χ1) is 16.1. The number of carbonyl (C=O) groups excluding carboxylic acids is 3. The number of benzene rings is 2. The number of hydrogen-bond donors (Lipinski definition) is 0. The Kier molecular flexibility index (Phi) is 4.24. The zero-order chi connectivity index (χ0) is 22.4. The summed E-state index contributed by atoms with van der Waals surface area (Å²) in [5.41, 5.74) is -1.07. The first-order valence-corrected chi connectivity index (χ1v) is 14.0. The molecule has 0 unspecified atom stereocenters. The highest BCUT2D eigenvalue weighted by atomic mass is 32.2. The molecule has 0 amide bonds. The molecular formula is C26H19NO3S3. The fourth-order valence-electron chi connectivity index (χ4n) is 6.61. The predicted octanol–water partition coefficient (Wildman–Crippen LogP) is 5.01. The molecule has 0 N–H and O–H groups in total. The Hall–Kier alpha value is -2.19. The van der Waals surface area contributed by atoms with E-state index in [1.54, 1.807) is 47.0 Å². The SMILES string of the molecule is O=C1c2ccccc2C(=O)C12N1CSC[C@@H]1[C@@H](c1cccs1)[C@@]21CSc2ccccc2C1=O. The van der Waals surface area contributed by atoms with Gasteiger partial charge in [-0.2, -0.15) is 0 Å². The number of rotatable bonds is 1. The van der Waals surface area contributed by atoms with E-state index in [9.17, 15) is 14.4 Å². The molecule has 2 fully saturated rings. The molecule has 0 bridgehead atoms. The van der Waals surface area contributed by atoms with E-state index in [0.717, 1.165) is 15.5 Å². The smallest absolute Gasteiger partial charge is 0.192 e. The molecule has 33 heavy (non-hydrogen) atoms. The van der Waals surface area contributed by atoms with Gasteiger partial charge >= 0.3 is 0 Å². The Morgan fingerprint density at radius 2 is 1.52 bits per heavy atom. The Morgan fingerprint density at radius 3 is 2.21 bits per heavy atom. The lowest BCUT2D eigenvalue weighted by atomic mass is 9.59. The first kappa shape index (κ1) is 20.2. The van der Waals surface area contributed by atoms with Gasteiger partial charge in [0.2, 0.25) is 0 Å². The molecule has 3 aliphatic heterocycles. The lowest BCUT2D eigenvalue weighted by Crippen LogP contribution is -2.66. The molecule has 0 radical (unpaired) electrons. The van der Waals surface area contributed by atoms with E-state index in [1.807, 2.05) is 47.8 Å². The number of hydrogen-bond acceptors (Lipinski definition) is 7. The molecule has 4 heterocycles. The number of carbonyl (C=O) groups is 3. The number of Topliss-reactive ketones (excluding diaryl/α,β-unsaturated/α-hetero) is 3. The minimum atomic E-state index is -1.49. The van der Waals surface area contributed by atoms with Crippen LogP contribution in [0.3, 0.4) is 0 Å². The normalized spacial score (nSPS) is 29.6. The van der Waals surface area contributed by atoms with Gasteiger partial charge in [0, 0.05) is 55.8 Å². The van der Waals surface area contributed by atoms with Crippen molar-refractivity contribution in [3.05, 3.63) is 87.6 Å². The molecule has 3 aromatic rings. The molecule has 1 aromatic heterocycles. The summed E-state index contributed by atoms with van der Waals surface area (Å²) in [6.07, 6.45) is 0. The number of fused-ring (bicyclic) bond motifs is 5. The molecule has 4 aliphatic rings. The van der Waals surface area contributed by atoms with Crippen LogP contribution in [0.4, 0.5) is 0 Å². The van der Waals surface area contributed by atoms with E-state index < -0.39 is 11.0 Å². The number of ketones is 3. The van der Waals surface area contributed by atoms with Gasteiger partial charge in [-0.25, -0.2) is 0 Å². The zero-order valence-electron chi connectivity index (χ0n) is 17.5. The minimum absolute atomic E-state index is 0.0364. The number of nitrogens with zero attached hydrogens (tertiary/aromatic N) is 1. The molecule has 7 rings (SSSR count). The second-order valence-electron chi connectivity index (χ2n) is 9.03. The number of thiophene rings is 1. The van der Waals surface area contributed by atoms with Crippen molar-refractivity contribution in [3.8, 4) is 0 Å². The van der Waals surface area contributed by atoms with Crippen molar-refractivity contribution >= 4 is 52.2 Å². The molecule has 164 valence electrons. The molecule has 1 aliphatic carbocycles. The summed E-state index contributed by atoms with van der Waals surface area (Å²) >= 11 is 5.00. The van der Waals surface area contributed by atoms with Crippen molar-refractivity contribution in [1.29, 1.82) is 0 Å². The van der Waals surface area contributed by atoms with Gasteiger partial charge in [-0.05, 0) is 17.5 Å². The van der Waals surface area contributed by atoms with Crippen molar-refractivity contribution in [2.24, 2.45) is 5.41 Å². The number of thioether (sulfide) groups is 2. The molecular weight excluding hydrogens is 470 g/mol. The van der Waals surface area contributed by atoms with Crippen LogP contribution in [-0.4, -0.2) is 51.2 Å². The molecule has 2 saturated heterocycles. The van der Waals surface area contributed by atoms with Crippen LogP contribution in [0.1, 0.15) is 41.9 Å². The summed E-state index contributed by atoms with van der Waals surface area (Å²) in [5.74, 6) is 1.18. The van der Waals surface area contributed by atoms with E-state index in [1.165, 1.54) is 0 Å². The third kappa shape index (κ3) is 2.22. The van der Waals surface area contributed by atoms with Crippen LogP contribution < -0.4 is 0 Å². The van der Waals surface area contributed by atoms with E-state index in [2.05, 4.69) is 11.0 Å². The summed E-state index contributed by atoms with van der Waals surface area (Å²) in [4.78, 5) is 47.6. The zero-order valence-corrected chi connectivity index (χ0v) is 20.0. The summed E-state index contributed by atoms with van der Waals surface area (Å²) in [6, 6.07) is 18.8. The van der Waals surface area contributed by atoms with Crippen LogP contribution in [-0.2, 0) is 0 Å². The summed E-state index contributed by atoms with van der Waals surface area (Å²) in [6.45, 7) is 0. The van der Waals surface area contributed by atoms with Gasteiger partial charge in [0.15, 0.2) is 22.9 Å². The third-order valence-electron chi connectivity index (χ3n) is 7.83. The van der Waals surface area contributed by atoms with Gasteiger partial charge in [-0.3, -0.25) is 19.3 Å². The average Bonchev–Trinajstić information content (AvgIpc) is 3.61. The van der Waals surface area contributed by atoms with Crippen LogP contribution in [0.5, 0.6) is 0 Å². The van der Waals surface area contributed by atoms with Crippen molar-refractivity contribution in [2.75, 3.05) is 17.4 Å². The molecule has 3 atom stereocenters. The van der Waals surface area contributed by atoms with Crippen LogP contribution in [0.15, 0.2) is 70.9 Å². The summed E-state index contributed by atoms with van der Waals surface area (Å²) < 4.78 is 0. The summed E-state index contributed by atoms with van der Waals surface area (Å²) in [7, 11) is 0. The quantitative estimate of drug-likeness (QED) is 0.448. The highest BCUT2D eigenvalue weighted by Crippen LogP contribution is 2.67. The van der Waals surface area contributed by atoms with Crippen molar-refractivity contribution in [1.82, 2.24) is 4.90 Å². The van der Waals surface area contributed by atoms with E-state index in [0.29, 0.717) is 28.3 Å². The van der Waals surface area contributed by atoms with Crippen molar-refractivity contribution in [3.63, 3.8) is 0 Å². The van der Waals surface area contributed by atoms with Crippen molar-refractivity contribution < 1.29 is 14.4 Å². The first-order valence-electron chi connectivity index (χ1n) is 11.0. The molecule has 2 spiro atoms. The summed E-state index contributed by atoms with van der Waals surface area (Å²) in [5, 5.41) is 2.03. The molecule has 4 nitrogen and oxygen atoms in total. The van der Waals surface area contributed by atoms with E-state index >= 15 is 0 Å². The lowest BCUT2D eigenvalue weighted by Gasteiger charge is -2.47. The van der Waals surface area contributed by atoms with Crippen LogP contribution in [0.25, 0.3) is 0 Å². The highest BCUT2D eigenvalue weighted by Gasteiger charge is 2.80. The Morgan fingerprint density at radius 1 is 0.818 bits per heavy atom. The lowest BCUT2D eigenvalue weighted by molar-refractivity contribution is 0.0341. The van der Waals surface area contributed by atoms with Crippen LogP contribution in [0.2, 0.25) is 0 Å².